The third-order valence-electron chi connectivity index (χ3n) is 10.3. The summed E-state index contributed by atoms with van der Waals surface area (Å²) in [6.45, 7) is 8.42. The van der Waals surface area contributed by atoms with E-state index in [-0.39, 0.29) is 29.6 Å². The summed E-state index contributed by atoms with van der Waals surface area (Å²) in [5.41, 5.74) is 19.5. The molecule has 1 spiro atoms. The van der Waals surface area contributed by atoms with Crippen LogP contribution in [0.15, 0.2) is 60.7 Å². The molecule has 2 fully saturated rings. The van der Waals surface area contributed by atoms with Crippen molar-refractivity contribution in [2.24, 2.45) is 28.5 Å². The van der Waals surface area contributed by atoms with Crippen LogP contribution in [0.1, 0.15) is 70.4 Å². The Morgan fingerprint density at radius 1 is 0.679 bits per heavy atom. The van der Waals surface area contributed by atoms with Crippen LogP contribution in [0.4, 0.5) is 0 Å². The number of hydrogen-bond acceptors (Lipinski definition) is 8. The van der Waals surface area contributed by atoms with Gasteiger partial charge in [-0.2, -0.15) is 0 Å². The molecule has 0 saturated carbocycles. The van der Waals surface area contributed by atoms with Crippen LogP contribution in [0.2, 0.25) is 0 Å². The van der Waals surface area contributed by atoms with E-state index >= 15 is 0 Å². The van der Waals surface area contributed by atoms with Gasteiger partial charge in [0.1, 0.15) is 18.1 Å². The van der Waals surface area contributed by atoms with E-state index in [0.29, 0.717) is 64.8 Å². The number of amides is 5. The van der Waals surface area contributed by atoms with Gasteiger partial charge in [-0.05, 0) is 75.5 Å². The molecule has 0 radical (unpaired) electrons. The van der Waals surface area contributed by atoms with Crippen LogP contribution in [0.25, 0.3) is 0 Å². The lowest BCUT2D eigenvalue weighted by molar-refractivity contribution is -0.153. The van der Waals surface area contributed by atoms with Crippen molar-refractivity contribution in [3.05, 3.63) is 71.8 Å². The molecule has 5 atom stereocenters. The normalized spacial score (nSPS) is 17.9. The Labute approximate surface area is 314 Å². The molecule has 290 valence electrons. The van der Waals surface area contributed by atoms with Crippen molar-refractivity contribution in [2.45, 2.75) is 102 Å². The van der Waals surface area contributed by atoms with Gasteiger partial charge in [0, 0.05) is 38.0 Å². The van der Waals surface area contributed by atoms with Gasteiger partial charge in [-0.3, -0.25) is 24.0 Å². The van der Waals surface area contributed by atoms with Gasteiger partial charge >= 0.3 is 0 Å². The van der Waals surface area contributed by atoms with Gasteiger partial charge in [-0.25, -0.2) is 0 Å². The first-order valence-electron chi connectivity index (χ1n) is 19.1. The molecule has 4 rings (SSSR count). The zero-order valence-electron chi connectivity index (χ0n) is 31.6. The van der Waals surface area contributed by atoms with Gasteiger partial charge in [0.15, 0.2) is 0 Å². The maximum atomic E-state index is 14.0. The van der Waals surface area contributed by atoms with Crippen LogP contribution in [-0.4, -0.2) is 102 Å². The van der Waals surface area contributed by atoms with Crippen LogP contribution in [0.3, 0.4) is 0 Å². The molecule has 2 aromatic carbocycles. The molecular weight excluding hydrogens is 672 g/mol. The minimum Gasteiger partial charge on any atom is -0.343 e. The predicted octanol–water partition coefficient (Wildman–Crippen LogP) is 1.23. The van der Waals surface area contributed by atoms with Gasteiger partial charge in [-0.1, -0.05) is 74.5 Å². The van der Waals surface area contributed by atoms with Gasteiger partial charge in [0.2, 0.25) is 29.5 Å². The van der Waals surface area contributed by atoms with Crippen molar-refractivity contribution < 1.29 is 24.0 Å². The van der Waals surface area contributed by atoms with Crippen molar-refractivity contribution in [1.82, 2.24) is 25.8 Å². The summed E-state index contributed by atoms with van der Waals surface area (Å²) in [6, 6.07) is 14.6. The van der Waals surface area contributed by atoms with Crippen molar-refractivity contribution >= 4 is 29.5 Å². The second-order valence-electron chi connectivity index (χ2n) is 15.4. The third-order valence-corrected chi connectivity index (χ3v) is 10.3. The van der Waals surface area contributed by atoms with Gasteiger partial charge in [-0.15, -0.1) is 0 Å². The molecule has 53 heavy (non-hydrogen) atoms. The molecule has 2 saturated heterocycles. The van der Waals surface area contributed by atoms with Crippen LogP contribution < -0.4 is 33.2 Å². The number of nitrogens with one attached hydrogen (secondary N) is 3. The number of carbonyl (C=O) groups is 5. The number of nitrogens with zero attached hydrogens (tertiary/aromatic N) is 2. The Hall–Kier alpha value is -4.33. The van der Waals surface area contributed by atoms with E-state index in [1.165, 1.54) is 0 Å². The molecule has 0 aromatic heterocycles. The Balaban J connectivity index is 1.43. The molecule has 2 heterocycles. The molecule has 5 amide bonds. The molecule has 0 bridgehead atoms. The summed E-state index contributed by atoms with van der Waals surface area (Å²) < 4.78 is 0. The first-order chi connectivity index (χ1) is 25.3. The number of piperidine rings is 1. The molecule has 2 aromatic rings. The summed E-state index contributed by atoms with van der Waals surface area (Å²) in [4.78, 5) is 71.1. The topological polar surface area (TPSA) is 206 Å². The van der Waals surface area contributed by atoms with Crippen molar-refractivity contribution in [3.8, 4) is 0 Å². The lowest BCUT2D eigenvalue weighted by Gasteiger charge is -2.54. The highest BCUT2D eigenvalue weighted by molar-refractivity contribution is 5.95. The maximum Gasteiger partial charge on any atom is 0.245 e. The number of rotatable bonds is 18. The standard InChI is InChI=1S/C40H60N8O5/c1-27(2)22-33(46-37(51)34(24-30-14-8-5-9-15-30)45-35(49)31(43)23-29-12-6-4-7-13-29)36(50)44-32(16-10-11-19-41)39(53)48-25-40(26-48)17-20-47(21-18-40)38(52)28(3)42/h4-9,12-15,27-28,31-34H,10-11,16-26,41-43H2,1-3H3,(H,44,50)(H,45,49)(H,46,51). The maximum absolute atomic E-state index is 14.0. The van der Waals surface area contributed by atoms with Gasteiger partial charge in [0.05, 0.1) is 12.1 Å². The SMILES string of the molecule is CC(C)CC(NC(=O)C(Cc1ccccc1)NC(=O)C(N)Cc1ccccc1)C(=O)NC(CCCCN)C(=O)N1CC2(CCN(C(=O)C(C)N)CC2)C1. The summed E-state index contributed by atoms with van der Waals surface area (Å²) in [6.07, 6.45) is 4.16. The molecule has 2 aliphatic heterocycles. The first kappa shape index (κ1) is 41.4. The fourth-order valence-corrected chi connectivity index (χ4v) is 7.24. The molecule has 9 N–H and O–H groups in total. The van der Waals surface area contributed by atoms with Crippen LogP contribution in [0, 0.1) is 11.3 Å². The molecule has 5 unspecified atom stereocenters. The Kier molecular flexibility index (Phi) is 15.4. The minimum absolute atomic E-state index is 0.0362. The summed E-state index contributed by atoms with van der Waals surface area (Å²) in [5.74, 6) is -1.63. The Morgan fingerprint density at radius 2 is 1.21 bits per heavy atom. The minimum atomic E-state index is -0.997. The smallest absolute Gasteiger partial charge is 0.245 e. The highest BCUT2D eigenvalue weighted by Crippen LogP contribution is 2.41. The lowest BCUT2D eigenvalue weighted by Crippen LogP contribution is -2.66. The summed E-state index contributed by atoms with van der Waals surface area (Å²) >= 11 is 0. The zero-order valence-corrected chi connectivity index (χ0v) is 31.6. The van der Waals surface area contributed by atoms with E-state index in [9.17, 15) is 24.0 Å². The lowest BCUT2D eigenvalue weighted by atomic mass is 9.71. The van der Waals surface area contributed by atoms with Gasteiger partial charge in [0.25, 0.3) is 0 Å². The van der Waals surface area contributed by atoms with E-state index < -0.39 is 47.9 Å². The van der Waals surface area contributed by atoms with E-state index in [1.54, 1.807) is 16.7 Å². The number of benzene rings is 2. The second kappa shape index (κ2) is 19.7. The molecule has 0 aliphatic carbocycles. The number of unbranched alkanes of at least 4 members (excludes halogenated alkanes) is 1. The average Bonchev–Trinajstić information content (AvgIpc) is 3.12. The van der Waals surface area contributed by atoms with E-state index in [4.69, 9.17) is 17.2 Å². The fraction of sp³-hybridized carbons (Fsp3) is 0.575. The van der Waals surface area contributed by atoms with Crippen molar-refractivity contribution in [1.29, 1.82) is 0 Å². The highest BCUT2D eigenvalue weighted by Gasteiger charge is 2.48. The van der Waals surface area contributed by atoms with Crippen molar-refractivity contribution in [3.63, 3.8) is 0 Å². The monoisotopic (exact) mass is 732 g/mol. The number of hydrogen-bond donors (Lipinski definition) is 6. The van der Waals surface area contributed by atoms with E-state index in [0.717, 1.165) is 24.0 Å². The molecular formula is C40H60N8O5. The fourth-order valence-electron chi connectivity index (χ4n) is 7.24. The quantitative estimate of drug-likeness (QED) is 0.123. The molecule has 13 heteroatoms. The second-order valence-corrected chi connectivity index (χ2v) is 15.4. The Bertz CT molecular complexity index is 1510. The number of nitrogens with two attached hydrogens (primary N) is 3. The summed E-state index contributed by atoms with van der Waals surface area (Å²) in [7, 11) is 0. The molecule has 13 nitrogen and oxygen atoms in total. The van der Waals surface area contributed by atoms with Crippen LogP contribution in [-0.2, 0) is 36.8 Å². The third kappa shape index (κ3) is 12.1. The first-order valence-corrected chi connectivity index (χ1v) is 19.1. The Morgan fingerprint density at radius 3 is 1.75 bits per heavy atom. The van der Waals surface area contributed by atoms with Crippen molar-refractivity contribution in [2.75, 3.05) is 32.7 Å². The van der Waals surface area contributed by atoms with E-state index in [1.807, 2.05) is 74.5 Å². The number of carbonyl (C=O) groups excluding carboxylic acids is 5. The predicted molar refractivity (Wildman–Crippen MR) is 205 cm³/mol. The zero-order chi connectivity index (χ0) is 38.5. The van der Waals surface area contributed by atoms with Gasteiger partial charge < -0.3 is 43.0 Å². The molecule has 2 aliphatic rings. The average molecular weight is 733 g/mol. The van der Waals surface area contributed by atoms with Crippen LogP contribution >= 0.6 is 0 Å². The number of likely N-dealkylation sites (tertiary alicyclic amines) is 2. The van der Waals surface area contributed by atoms with Crippen LogP contribution in [0.5, 0.6) is 0 Å². The largest absolute Gasteiger partial charge is 0.343 e. The summed E-state index contributed by atoms with van der Waals surface area (Å²) in [5, 5.41) is 8.72. The van der Waals surface area contributed by atoms with E-state index in [2.05, 4.69) is 16.0 Å². The highest BCUT2D eigenvalue weighted by atomic mass is 16.2.